The smallest absolute Gasteiger partial charge is 0.229 e. The zero-order chi connectivity index (χ0) is 21.7. The highest BCUT2D eigenvalue weighted by Crippen LogP contribution is 2.27. The van der Waals surface area contributed by atoms with Crippen LogP contribution in [0.1, 0.15) is 38.7 Å². The summed E-state index contributed by atoms with van der Waals surface area (Å²) in [5.41, 5.74) is 2.57. The van der Waals surface area contributed by atoms with Gasteiger partial charge in [-0.2, -0.15) is 0 Å². The predicted molar refractivity (Wildman–Crippen MR) is 118 cm³/mol. The molecule has 1 aliphatic rings. The van der Waals surface area contributed by atoms with Gasteiger partial charge in [-0.25, -0.2) is 8.42 Å². The molecule has 3 rings (SSSR count). The summed E-state index contributed by atoms with van der Waals surface area (Å²) < 4.78 is 23.8. The Balaban J connectivity index is 1.62. The number of anilines is 2. The van der Waals surface area contributed by atoms with Crippen LogP contribution in [0, 0.1) is 5.92 Å². The molecule has 1 atom stereocenters. The molecule has 1 heterocycles. The lowest BCUT2D eigenvalue weighted by molar-refractivity contribution is -0.122. The number of benzene rings is 2. The fourth-order valence-electron chi connectivity index (χ4n) is 3.51. The summed E-state index contributed by atoms with van der Waals surface area (Å²) in [6.45, 7) is 4.08. The lowest BCUT2D eigenvalue weighted by Gasteiger charge is -2.17. The Bertz CT molecular complexity index is 999. The number of amides is 2. The molecule has 0 saturated carbocycles. The van der Waals surface area contributed by atoms with Gasteiger partial charge in [0.2, 0.25) is 11.8 Å². The third kappa shape index (κ3) is 5.08. The number of carbonyl (C=O) groups excluding carboxylic acids is 2. The minimum absolute atomic E-state index is 0.0261. The van der Waals surface area contributed by atoms with Crippen molar-refractivity contribution in [2.24, 2.45) is 5.92 Å². The van der Waals surface area contributed by atoms with Crippen molar-refractivity contribution < 1.29 is 18.0 Å². The first-order chi connectivity index (χ1) is 14.3. The third-order valence-corrected chi connectivity index (χ3v) is 7.17. The van der Waals surface area contributed by atoms with E-state index in [4.69, 9.17) is 0 Å². The summed E-state index contributed by atoms with van der Waals surface area (Å²) in [7, 11) is -3.28. The molecule has 6 nitrogen and oxygen atoms in total. The highest BCUT2D eigenvalue weighted by atomic mass is 32.2. The Morgan fingerprint density at radius 1 is 1.07 bits per heavy atom. The maximum Gasteiger partial charge on any atom is 0.229 e. The monoisotopic (exact) mass is 428 g/mol. The molecule has 0 aromatic heterocycles. The van der Waals surface area contributed by atoms with Gasteiger partial charge < -0.3 is 10.2 Å². The summed E-state index contributed by atoms with van der Waals surface area (Å²) >= 11 is 0. The van der Waals surface area contributed by atoms with Crippen LogP contribution in [-0.4, -0.2) is 32.5 Å². The Morgan fingerprint density at radius 3 is 2.33 bits per heavy atom. The van der Waals surface area contributed by atoms with Crippen molar-refractivity contribution in [2.75, 3.05) is 22.5 Å². The molecule has 7 heteroatoms. The number of hydrogen-bond donors (Lipinski definition) is 1. The van der Waals surface area contributed by atoms with Gasteiger partial charge in [-0.1, -0.05) is 32.4 Å². The van der Waals surface area contributed by atoms with Gasteiger partial charge in [0, 0.05) is 24.3 Å². The average Bonchev–Trinajstić information content (AvgIpc) is 3.15. The van der Waals surface area contributed by atoms with Gasteiger partial charge in [-0.3, -0.25) is 9.59 Å². The molecule has 160 valence electrons. The summed E-state index contributed by atoms with van der Waals surface area (Å²) in [4.78, 5) is 27.0. The normalized spacial score (nSPS) is 16.7. The molecule has 0 spiro atoms. The van der Waals surface area contributed by atoms with E-state index in [1.807, 2.05) is 24.3 Å². The molecule has 30 heavy (non-hydrogen) atoms. The van der Waals surface area contributed by atoms with E-state index in [2.05, 4.69) is 12.2 Å². The van der Waals surface area contributed by atoms with Crippen molar-refractivity contribution in [1.82, 2.24) is 0 Å². The van der Waals surface area contributed by atoms with Crippen molar-refractivity contribution in [3.8, 4) is 0 Å². The van der Waals surface area contributed by atoms with Crippen molar-refractivity contribution >= 4 is 33.0 Å². The summed E-state index contributed by atoms with van der Waals surface area (Å²) in [6, 6.07) is 14.1. The summed E-state index contributed by atoms with van der Waals surface area (Å²) in [6.07, 6.45) is 3.45. The van der Waals surface area contributed by atoms with Crippen molar-refractivity contribution in [3.05, 3.63) is 54.1 Å². The number of hydrogen-bond acceptors (Lipinski definition) is 4. The molecule has 1 saturated heterocycles. The van der Waals surface area contributed by atoms with Gasteiger partial charge in [0.25, 0.3) is 0 Å². The minimum Gasteiger partial charge on any atom is -0.326 e. The molecular formula is C23H28N2O4S. The Hall–Kier alpha value is -2.67. The second-order valence-corrected chi connectivity index (χ2v) is 9.87. The van der Waals surface area contributed by atoms with E-state index < -0.39 is 15.8 Å². The van der Waals surface area contributed by atoms with Crippen LogP contribution in [0.25, 0.3) is 0 Å². The molecule has 0 radical (unpaired) electrons. The Kier molecular flexibility index (Phi) is 6.92. The van der Waals surface area contributed by atoms with Crippen LogP contribution in [0.15, 0.2) is 53.4 Å². The second-order valence-electron chi connectivity index (χ2n) is 7.59. The van der Waals surface area contributed by atoms with Crippen molar-refractivity contribution in [2.45, 2.75) is 44.4 Å². The highest BCUT2D eigenvalue weighted by Gasteiger charge is 2.35. The van der Waals surface area contributed by atoms with Gasteiger partial charge in [0.15, 0.2) is 9.84 Å². The predicted octanol–water partition coefficient (Wildman–Crippen LogP) is 3.81. The van der Waals surface area contributed by atoms with E-state index in [1.165, 1.54) is 17.7 Å². The van der Waals surface area contributed by atoms with Crippen molar-refractivity contribution in [3.63, 3.8) is 0 Å². The van der Waals surface area contributed by atoms with Crippen LogP contribution in [0.3, 0.4) is 0 Å². The van der Waals surface area contributed by atoms with E-state index in [0.717, 1.165) is 24.9 Å². The van der Waals surface area contributed by atoms with Crippen LogP contribution in [0.2, 0.25) is 0 Å². The van der Waals surface area contributed by atoms with Crippen LogP contribution in [0.5, 0.6) is 0 Å². The first-order valence-electron chi connectivity index (χ1n) is 10.4. The van der Waals surface area contributed by atoms with Crippen LogP contribution < -0.4 is 10.2 Å². The molecule has 2 aromatic rings. The first kappa shape index (κ1) is 22.0. The van der Waals surface area contributed by atoms with E-state index in [9.17, 15) is 18.0 Å². The third-order valence-electron chi connectivity index (χ3n) is 5.42. The van der Waals surface area contributed by atoms with Gasteiger partial charge in [-0.15, -0.1) is 0 Å². The zero-order valence-electron chi connectivity index (χ0n) is 17.4. The maximum atomic E-state index is 12.6. The molecular weight excluding hydrogens is 400 g/mol. The van der Waals surface area contributed by atoms with Gasteiger partial charge in [0.05, 0.1) is 16.6 Å². The molecule has 1 fully saturated rings. The van der Waals surface area contributed by atoms with Crippen LogP contribution in [0.4, 0.5) is 11.4 Å². The van der Waals surface area contributed by atoms with Crippen molar-refractivity contribution in [1.29, 1.82) is 0 Å². The molecule has 0 bridgehead atoms. The molecule has 2 amide bonds. The lowest BCUT2D eigenvalue weighted by atomic mass is 10.1. The van der Waals surface area contributed by atoms with Gasteiger partial charge >= 0.3 is 0 Å². The zero-order valence-corrected chi connectivity index (χ0v) is 18.2. The number of sulfone groups is 1. The SMILES string of the molecule is CCCCc1ccc(N2CC(C(=O)Nc3ccc(S(=O)(=O)CC)cc3)CC2=O)cc1. The number of rotatable bonds is 8. The second kappa shape index (κ2) is 9.43. The largest absolute Gasteiger partial charge is 0.326 e. The average molecular weight is 429 g/mol. The molecule has 1 aliphatic heterocycles. The molecule has 2 aromatic carbocycles. The van der Waals surface area contributed by atoms with E-state index in [1.54, 1.807) is 24.0 Å². The fraction of sp³-hybridized carbons (Fsp3) is 0.391. The maximum absolute atomic E-state index is 12.6. The molecule has 0 aliphatic carbocycles. The quantitative estimate of drug-likeness (QED) is 0.693. The lowest BCUT2D eigenvalue weighted by Crippen LogP contribution is -2.28. The topological polar surface area (TPSA) is 83.6 Å². The standard InChI is InChI=1S/C23H28N2O4S/c1-3-5-6-17-7-11-20(12-8-17)25-16-18(15-22(25)26)23(27)24-19-9-13-21(14-10-19)30(28,29)4-2/h7-14,18H,3-6,15-16H2,1-2H3,(H,24,27). The summed E-state index contributed by atoms with van der Waals surface area (Å²) in [5, 5.41) is 2.79. The van der Waals surface area contributed by atoms with Crippen LogP contribution in [-0.2, 0) is 25.8 Å². The first-order valence-corrected chi connectivity index (χ1v) is 12.0. The highest BCUT2D eigenvalue weighted by molar-refractivity contribution is 7.91. The number of aryl methyl sites for hydroxylation is 1. The number of carbonyl (C=O) groups is 2. The number of unbranched alkanes of at least 4 members (excludes halogenated alkanes) is 1. The summed E-state index contributed by atoms with van der Waals surface area (Å²) in [5.74, 6) is -0.730. The fourth-order valence-corrected chi connectivity index (χ4v) is 4.40. The van der Waals surface area contributed by atoms with Crippen LogP contribution >= 0.6 is 0 Å². The molecule has 1 N–H and O–H groups in total. The Morgan fingerprint density at radius 2 is 1.73 bits per heavy atom. The number of nitrogens with one attached hydrogen (secondary N) is 1. The van der Waals surface area contributed by atoms with Gasteiger partial charge in [0.1, 0.15) is 0 Å². The van der Waals surface area contributed by atoms with Gasteiger partial charge in [-0.05, 0) is 54.8 Å². The number of nitrogens with zero attached hydrogens (tertiary/aromatic N) is 1. The van der Waals surface area contributed by atoms with E-state index >= 15 is 0 Å². The van der Waals surface area contributed by atoms with E-state index in [-0.39, 0.29) is 28.9 Å². The Labute approximate surface area is 178 Å². The molecule has 1 unspecified atom stereocenters. The minimum atomic E-state index is -3.28. The van der Waals surface area contributed by atoms with E-state index in [0.29, 0.717) is 12.2 Å².